The zero-order valence-corrected chi connectivity index (χ0v) is 10.8. The lowest BCUT2D eigenvalue weighted by atomic mass is 10.3. The van der Waals surface area contributed by atoms with E-state index in [1.54, 1.807) is 0 Å². The molecular formula is C10H19O5P. The first-order valence-corrected chi connectivity index (χ1v) is 7.92. The maximum absolute atomic E-state index is 11.8. The Bertz CT molecular complexity index is 298. The quantitative estimate of drug-likeness (QED) is 0.556. The summed E-state index contributed by atoms with van der Waals surface area (Å²) in [7, 11) is -1.41. The number of rotatable bonds is 6. The smallest absolute Gasteiger partial charge is 0.342 e. The minimum Gasteiger partial charge on any atom is -0.467 e. The van der Waals surface area contributed by atoms with Gasteiger partial charge in [-0.25, -0.2) is 4.79 Å². The van der Waals surface area contributed by atoms with Gasteiger partial charge in [-0.2, -0.15) is 0 Å². The Morgan fingerprint density at radius 1 is 1.50 bits per heavy atom. The first kappa shape index (κ1) is 13.7. The SMILES string of the molecule is COC(=O)C(OCC1CC1CO)P(C)(C)=O. The molecule has 0 heterocycles. The summed E-state index contributed by atoms with van der Waals surface area (Å²) in [4.78, 5) is 11.4. The van der Waals surface area contributed by atoms with Crippen molar-refractivity contribution in [1.29, 1.82) is 0 Å². The molecule has 0 spiro atoms. The van der Waals surface area contributed by atoms with Gasteiger partial charge in [0.25, 0.3) is 0 Å². The fourth-order valence-corrected chi connectivity index (χ4v) is 2.61. The summed E-state index contributed by atoms with van der Waals surface area (Å²) in [6, 6.07) is 0. The van der Waals surface area contributed by atoms with Crippen molar-refractivity contribution in [3.8, 4) is 0 Å². The van der Waals surface area contributed by atoms with Crippen LogP contribution in [-0.4, -0.2) is 50.6 Å². The van der Waals surface area contributed by atoms with Gasteiger partial charge in [-0.05, 0) is 31.6 Å². The first-order valence-electron chi connectivity index (χ1n) is 5.25. The third kappa shape index (κ3) is 3.58. The van der Waals surface area contributed by atoms with E-state index in [0.717, 1.165) is 6.42 Å². The first-order chi connectivity index (χ1) is 7.40. The second-order valence-corrected chi connectivity index (χ2v) is 7.92. The molecule has 1 saturated carbocycles. The van der Waals surface area contributed by atoms with E-state index in [2.05, 4.69) is 4.74 Å². The summed E-state index contributed by atoms with van der Waals surface area (Å²) in [5.41, 5.74) is 0. The van der Waals surface area contributed by atoms with Crippen LogP contribution in [0.1, 0.15) is 6.42 Å². The van der Waals surface area contributed by atoms with Crippen molar-refractivity contribution >= 4 is 13.1 Å². The molecule has 3 atom stereocenters. The number of carbonyl (C=O) groups is 1. The number of aliphatic hydroxyl groups is 1. The van der Waals surface area contributed by atoms with E-state index in [-0.39, 0.29) is 18.4 Å². The Morgan fingerprint density at radius 2 is 2.12 bits per heavy atom. The second kappa shape index (κ2) is 5.30. The third-order valence-electron chi connectivity index (χ3n) is 2.74. The Kier molecular flexibility index (Phi) is 4.53. The number of esters is 1. The van der Waals surface area contributed by atoms with Crippen molar-refractivity contribution in [2.24, 2.45) is 11.8 Å². The van der Waals surface area contributed by atoms with Crippen LogP contribution >= 0.6 is 7.14 Å². The van der Waals surface area contributed by atoms with Crippen molar-refractivity contribution < 1.29 is 23.9 Å². The van der Waals surface area contributed by atoms with Crippen LogP contribution in [-0.2, 0) is 18.8 Å². The van der Waals surface area contributed by atoms with Crippen LogP contribution in [0.5, 0.6) is 0 Å². The molecule has 0 amide bonds. The highest BCUT2D eigenvalue weighted by Gasteiger charge is 2.39. The summed E-state index contributed by atoms with van der Waals surface area (Å²) in [5.74, 6) is -1.01. The molecule has 94 valence electrons. The highest BCUT2D eigenvalue weighted by molar-refractivity contribution is 7.63. The van der Waals surface area contributed by atoms with Gasteiger partial charge in [-0.1, -0.05) is 0 Å². The standard InChI is InChI=1S/C10H19O5P/c1-14-9(12)10(16(2,3)13)15-6-8-4-7(8)5-11/h7-8,10-11H,4-6H2,1-3H3. The third-order valence-corrected chi connectivity index (χ3v) is 4.23. The van der Waals surface area contributed by atoms with E-state index in [9.17, 15) is 9.36 Å². The lowest BCUT2D eigenvalue weighted by Gasteiger charge is -2.19. The lowest BCUT2D eigenvalue weighted by molar-refractivity contribution is -0.149. The maximum Gasteiger partial charge on any atom is 0.342 e. The largest absolute Gasteiger partial charge is 0.467 e. The van der Waals surface area contributed by atoms with E-state index >= 15 is 0 Å². The van der Waals surface area contributed by atoms with Crippen LogP contribution in [0.15, 0.2) is 0 Å². The zero-order valence-electron chi connectivity index (χ0n) is 9.88. The average molecular weight is 250 g/mol. The van der Waals surface area contributed by atoms with Crippen molar-refractivity contribution in [3.63, 3.8) is 0 Å². The molecule has 1 N–H and O–H groups in total. The van der Waals surface area contributed by atoms with Crippen molar-refractivity contribution in [1.82, 2.24) is 0 Å². The predicted octanol–water partition coefficient (Wildman–Crippen LogP) is 0.753. The second-order valence-electron chi connectivity index (χ2n) is 4.58. The van der Waals surface area contributed by atoms with E-state index in [4.69, 9.17) is 9.84 Å². The number of aliphatic hydroxyl groups excluding tert-OH is 1. The van der Waals surface area contributed by atoms with Gasteiger partial charge >= 0.3 is 5.97 Å². The highest BCUT2D eigenvalue weighted by atomic mass is 31.2. The monoisotopic (exact) mass is 250 g/mol. The van der Waals surface area contributed by atoms with Crippen LogP contribution < -0.4 is 0 Å². The van der Waals surface area contributed by atoms with Gasteiger partial charge in [0.1, 0.15) is 7.14 Å². The molecule has 0 aromatic carbocycles. The molecule has 0 saturated heterocycles. The van der Waals surface area contributed by atoms with Gasteiger partial charge in [-0.15, -0.1) is 0 Å². The van der Waals surface area contributed by atoms with Gasteiger partial charge in [0, 0.05) is 6.61 Å². The molecule has 0 aliphatic heterocycles. The molecule has 5 nitrogen and oxygen atoms in total. The zero-order chi connectivity index (χ0) is 12.3. The molecular weight excluding hydrogens is 231 g/mol. The number of methoxy groups -OCH3 is 1. The van der Waals surface area contributed by atoms with Gasteiger partial charge in [0.05, 0.1) is 13.7 Å². The summed E-state index contributed by atoms with van der Waals surface area (Å²) in [5, 5.41) is 8.85. The Balaban J connectivity index is 2.46. The van der Waals surface area contributed by atoms with Gasteiger partial charge < -0.3 is 19.1 Å². The number of hydrogen-bond donors (Lipinski definition) is 1. The molecule has 1 fully saturated rings. The van der Waals surface area contributed by atoms with Crippen LogP contribution in [0.3, 0.4) is 0 Å². The summed E-state index contributed by atoms with van der Waals surface area (Å²) < 4.78 is 21.7. The topological polar surface area (TPSA) is 72.8 Å². The van der Waals surface area contributed by atoms with Gasteiger partial charge in [0.2, 0.25) is 5.85 Å². The molecule has 0 bridgehead atoms. The number of carbonyl (C=O) groups excluding carboxylic acids is 1. The lowest BCUT2D eigenvalue weighted by Crippen LogP contribution is -2.26. The Morgan fingerprint density at radius 3 is 2.50 bits per heavy atom. The van der Waals surface area contributed by atoms with Crippen LogP contribution in [0.2, 0.25) is 0 Å². The van der Waals surface area contributed by atoms with Crippen molar-refractivity contribution in [2.45, 2.75) is 12.3 Å². The van der Waals surface area contributed by atoms with Gasteiger partial charge in [-0.3, -0.25) is 0 Å². The minimum absolute atomic E-state index is 0.146. The summed E-state index contributed by atoms with van der Waals surface area (Å²) >= 11 is 0. The molecule has 6 heteroatoms. The summed E-state index contributed by atoms with van der Waals surface area (Å²) in [6.45, 7) is 3.51. The maximum atomic E-state index is 11.8. The van der Waals surface area contributed by atoms with Crippen LogP contribution in [0.25, 0.3) is 0 Å². The number of ether oxygens (including phenoxy) is 2. The normalized spacial score (nSPS) is 26.2. The van der Waals surface area contributed by atoms with Gasteiger partial charge in [0.15, 0.2) is 0 Å². The Labute approximate surface area is 95.5 Å². The number of hydrogen-bond acceptors (Lipinski definition) is 5. The molecule has 0 aromatic heterocycles. The molecule has 16 heavy (non-hydrogen) atoms. The van der Waals surface area contributed by atoms with Crippen molar-refractivity contribution in [3.05, 3.63) is 0 Å². The molecule has 1 aliphatic carbocycles. The fraction of sp³-hybridized carbons (Fsp3) is 0.900. The average Bonchev–Trinajstić information content (AvgIpc) is 2.94. The molecule has 1 aliphatic rings. The molecule has 3 unspecified atom stereocenters. The fourth-order valence-electron chi connectivity index (χ4n) is 1.55. The highest BCUT2D eigenvalue weighted by Crippen LogP contribution is 2.45. The predicted molar refractivity (Wildman–Crippen MR) is 59.9 cm³/mol. The van der Waals surface area contributed by atoms with E-state index in [1.807, 2.05) is 0 Å². The van der Waals surface area contributed by atoms with E-state index in [1.165, 1.54) is 20.4 Å². The van der Waals surface area contributed by atoms with Crippen LogP contribution in [0, 0.1) is 11.8 Å². The van der Waals surface area contributed by atoms with E-state index < -0.39 is 19.0 Å². The minimum atomic E-state index is -2.66. The van der Waals surface area contributed by atoms with Crippen molar-refractivity contribution in [2.75, 3.05) is 33.7 Å². The molecule has 0 radical (unpaired) electrons. The Hall–Kier alpha value is -0.380. The van der Waals surface area contributed by atoms with E-state index in [0.29, 0.717) is 6.61 Å². The molecule has 0 aromatic rings. The molecule has 1 rings (SSSR count). The summed E-state index contributed by atoms with van der Waals surface area (Å²) in [6.07, 6.45) is 0.905. The van der Waals surface area contributed by atoms with Crippen LogP contribution in [0.4, 0.5) is 0 Å².